The summed E-state index contributed by atoms with van der Waals surface area (Å²) in [4.78, 5) is 17.9. The predicted octanol–water partition coefficient (Wildman–Crippen LogP) is 1.12. The van der Waals surface area contributed by atoms with Crippen molar-refractivity contribution < 1.29 is 13.9 Å². The van der Waals surface area contributed by atoms with E-state index in [0.29, 0.717) is 19.7 Å². The number of hydrogen-bond donors (Lipinski definition) is 1. The highest BCUT2D eigenvalue weighted by molar-refractivity contribution is 5.76. The molecule has 0 aromatic carbocycles. The molecule has 110 valence electrons. The minimum atomic E-state index is -0.364. The van der Waals surface area contributed by atoms with Crippen molar-refractivity contribution in [1.82, 2.24) is 15.2 Å². The predicted molar refractivity (Wildman–Crippen MR) is 72.6 cm³/mol. The number of nitrogens with zero attached hydrogens (tertiary/aromatic N) is 2. The Morgan fingerprint density at radius 3 is 3.15 bits per heavy atom. The van der Waals surface area contributed by atoms with Gasteiger partial charge in [0.2, 0.25) is 0 Å². The van der Waals surface area contributed by atoms with E-state index in [0.717, 1.165) is 12.1 Å². The Morgan fingerprint density at radius 2 is 2.45 bits per heavy atom. The summed E-state index contributed by atoms with van der Waals surface area (Å²) in [5, 5.41) is 3.19. The molecule has 1 saturated heterocycles. The number of hydrogen-bond acceptors (Lipinski definition) is 5. The van der Waals surface area contributed by atoms with Crippen LogP contribution in [-0.4, -0.2) is 48.1 Å². The Morgan fingerprint density at radius 1 is 1.65 bits per heavy atom. The summed E-state index contributed by atoms with van der Waals surface area (Å²) in [6, 6.07) is 1.03. The van der Waals surface area contributed by atoms with Crippen LogP contribution in [-0.2, 0) is 9.53 Å². The number of carbonyl (C=O) groups is 1. The third-order valence-corrected chi connectivity index (χ3v) is 3.55. The molecule has 5 nitrogen and oxygen atoms in total. The minimum Gasteiger partial charge on any atom is -0.465 e. The lowest BCUT2D eigenvalue weighted by Gasteiger charge is -2.38. The van der Waals surface area contributed by atoms with Crippen molar-refractivity contribution in [1.29, 1.82) is 0 Å². The van der Waals surface area contributed by atoms with Gasteiger partial charge in [0.15, 0.2) is 0 Å². The number of esters is 1. The van der Waals surface area contributed by atoms with Crippen molar-refractivity contribution in [3.63, 3.8) is 0 Å². The molecule has 1 aromatic heterocycles. The maximum Gasteiger partial charge on any atom is 0.324 e. The fourth-order valence-corrected chi connectivity index (χ4v) is 2.49. The Bertz CT molecular complexity index is 469. The van der Waals surface area contributed by atoms with E-state index < -0.39 is 0 Å². The number of halogens is 1. The van der Waals surface area contributed by atoms with E-state index in [-0.39, 0.29) is 23.9 Å². The van der Waals surface area contributed by atoms with Crippen molar-refractivity contribution in [3.05, 3.63) is 29.8 Å². The Balaban J connectivity index is 2.16. The van der Waals surface area contributed by atoms with Gasteiger partial charge >= 0.3 is 5.97 Å². The van der Waals surface area contributed by atoms with Gasteiger partial charge in [0, 0.05) is 31.9 Å². The third kappa shape index (κ3) is 3.32. The number of rotatable bonds is 4. The number of aromatic nitrogens is 1. The second kappa shape index (κ2) is 6.76. The lowest BCUT2D eigenvalue weighted by molar-refractivity contribution is -0.151. The maximum absolute atomic E-state index is 13.3. The molecule has 0 radical (unpaired) electrons. The quantitative estimate of drug-likeness (QED) is 0.838. The Labute approximate surface area is 118 Å². The zero-order chi connectivity index (χ0) is 14.5. The topological polar surface area (TPSA) is 54.5 Å². The minimum absolute atomic E-state index is 0.0882. The molecule has 2 unspecified atom stereocenters. The standard InChI is InChI=1S/C14H20FN3O2/c1-3-20-14(19)13-9-16-4-5-18(13)10(2)11-6-12(15)8-17-7-11/h6-8,10,13,16H,3-5,9H2,1-2H3. The van der Waals surface area contributed by atoms with Crippen LogP contribution in [0.25, 0.3) is 0 Å². The molecule has 2 atom stereocenters. The normalized spacial score (nSPS) is 21.4. The summed E-state index contributed by atoms with van der Waals surface area (Å²) in [5.74, 6) is -0.604. The summed E-state index contributed by atoms with van der Waals surface area (Å²) < 4.78 is 18.4. The van der Waals surface area contributed by atoms with Crippen molar-refractivity contribution in [2.75, 3.05) is 26.2 Å². The molecule has 2 rings (SSSR count). The highest BCUT2D eigenvalue weighted by atomic mass is 19.1. The molecule has 1 aromatic rings. The zero-order valence-electron chi connectivity index (χ0n) is 11.8. The van der Waals surface area contributed by atoms with E-state index in [9.17, 15) is 9.18 Å². The van der Waals surface area contributed by atoms with Crippen molar-refractivity contribution >= 4 is 5.97 Å². The van der Waals surface area contributed by atoms with E-state index in [1.165, 1.54) is 12.3 Å². The summed E-state index contributed by atoms with van der Waals surface area (Å²) in [7, 11) is 0. The van der Waals surface area contributed by atoms with Crippen LogP contribution in [0.5, 0.6) is 0 Å². The highest BCUT2D eigenvalue weighted by Gasteiger charge is 2.33. The summed E-state index contributed by atoms with van der Waals surface area (Å²) >= 11 is 0. The first-order valence-electron chi connectivity index (χ1n) is 6.87. The third-order valence-electron chi connectivity index (χ3n) is 3.55. The SMILES string of the molecule is CCOC(=O)C1CNCCN1C(C)c1cncc(F)c1. The van der Waals surface area contributed by atoms with E-state index in [1.54, 1.807) is 13.1 Å². The molecule has 0 amide bonds. The van der Waals surface area contributed by atoms with Gasteiger partial charge in [-0.3, -0.25) is 14.7 Å². The van der Waals surface area contributed by atoms with E-state index >= 15 is 0 Å². The fraction of sp³-hybridized carbons (Fsp3) is 0.571. The largest absolute Gasteiger partial charge is 0.465 e. The molecule has 6 heteroatoms. The Kier molecular flexibility index (Phi) is 5.03. The molecule has 1 aliphatic rings. The first-order valence-corrected chi connectivity index (χ1v) is 6.87. The maximum atomic E-state index is 13.3. The second-order valence-corrected chi connectivity index (χ2v) is 4.82. The first kappa shape index (κ1) is 14.9. The lowest BCUT2D eigenvalue weighted by Crippen LogP contribution is -2.56. The van der Waals surface area contributed by atoms with Gasteiger partial charge in [0.1, 0.15) is 11.9 Å². The van der Waals surface area contributed by atoms with Crippen LogP contribution in [0.2, 0.25) is 0 Å². The highest BCUT2D eigenvalue weighted by Crippen LogP contribution is 2.23. The van der Waals surface area contributed by atoms with Gasteiger partial charge in [-0.15, -0.1) is 0 Å². The van der Waals surface area contributed by atoms with Crippen LogP contribution in [0.3, 0.4) is 0 Å². The number of nitrogens with one attached hydrogen (secondary N) is 1. The van der Waals surface area contributed by atoms with Crippen LogP contribution < -0.4 is 5.32 Å². The van der Waals surface area contributed by atoms with Gasteiger partial charge in [0.25, 0.3) is 0 Å². The number of pyridine rings is 1. The Hall–Kier alpha value is -1.53. The monoisotopic (exact) mass is 281 g/mol. The van der Waals surface area contributed by atoms with Gasteiger partial charge in [-0.05, 0) is 25.5 Å². The molecular formula is C14H20FN3O2. The first-order chi connectivity index (χ1) is 9.63. The molecule has 1 aliphatic heterocycles. The van der Waals surface area contributed by atoms with Crippen LogP contribution >= 0.6 is 0 Å². The van der Waals surface area contributed by atoms with E-state index in [1.807, 2.05) is 11.8 Å². The number of carbonyl (C=O) groups excluding carboxylic acids is 1. The van der Waals surface area contributed by atoms with Crippen molar-refractivity contribution in [2.24, 2.45) is 0 Å². The van der Waals surface area contributed by atoms with Gasteiger partial charge in [-0.1, -0.05) is 0 Å². The van der Waals surface area contributed by atoms with Gasteiger partial charge < -0.3 is 10.1 Å². The van der Waals surface area contributed by atoms with Crippen molar-refractivity contribution in [3.8, 4) is 0 Å². The molecule has 0 saturated carbocycles. The molecule has 0 aliphatic carbocycles. The fourth-order valence-electron chi connectivity index (χ4n) is 2.49. The molecule has 0 spiro atoms. The molecule has 20 heavy (non-hydrogen) atoms. The van der Waals surface area contributed by atoms with Crippen molar-refractivity contribution in [2.45, 2.75) is 25.9 Å². The summed E-state index contributed by atoms with van der Waals surface area (Å²) in [6.07, 6.45) is 2.81. The van der Waals surface area contributed by atoms with E-state index in [2.05, 4.69) is 10.3 Å². The van der Waals surface area contributed by atoms with Crippen LogP contribution in [0, 0.1) is 5.82 Å². The summed E-state index contributed by atoms with van der Waals surface area (Å²) in [5.41, 5.74) is 0.765. The average molecular weight is 281 g/mol. The van der Waals surface area contributed by atoms with Crippen LogP contribution in [0.15, 0.2) is 18.5 Å². The molecule has 0 bridgehead atoms. The van der Waals surface area contributed by atoms with Crippen LogP contribution in [0.1, 0.15) is 25.5 Å². The molecular weight excluding hydrogens is 261 g/mol. The molecule has 1 fully saturated rings. The van der Waals surface area contributed by atoms with Gasteiger partial charge in [-0.2, -0.15) is 0 Å². The van der Waals surface area contributed by atoms with Crippen LogP contribution in [0.4, 0.5) is 4.39 Å². The van der Waals surface area contributed by atoms with Gasteiger partial charge in [0.05, 0.1) is 12.8 Å². The number of piperazine rings is 1. The van der Waals surface area contributed by atoms with Gasteiger partial charge in [-0.25, -0.2) is 4.39 Å². The number of ether oxygens (including phenoxy) is 1. The molecule has 2 heterocycles. The molecule has 1 N–H and O–H groups in total. The second-order valence-electron chi connectivity index (χ2n) is 4.82. The smallest absolute Gasteiger partial charge is 0.324 e. The average Bonchev–Trinajstić information content (AvgIpc) is 2.47. The van der Waals surface area contributed by atoms with E-state index in [4.69, 9.17) is 4.74 Å². The summed E-state index contributed by atoms with van der Waals surface area (Å²) in [6.45, 7) is 6.15. The zero-order valence-corrected chi connectivity index (χ0v) is 11.8. The lowest BCUT2D eigenvalue weighted by atomic mass is 10.0.